The number of imide groups is 1. The van der Waals surface area contributed by atoms with Crippen molar-refractivity contribution in [3.8, 4) is 17.2 Å². The van der Waals surface area contributed by atoms with Gasteiger partial charge in [-0.3, -0.25) is 14.5 Å². The Morgan fingerprint density at radius 3 is 2.69 bits per heavy atom. The van der Waals surface area contributed by atoms with Crippen molar-refractivity contribution in [1.29, 1.82) is 0 Å². The van der Waals surface area contributed by atoms with E-state index in [0.29, 0.717) is 27.6 Å². The third-order valence-corrected chi connectivity index (χ3v) is 5.23. The normalized spacial score (nSPS) is 17.4. The molecule has 8 heteroatoms. The largest absolute Gasteiger partial charge is 0.507 e. The van der Waals surface area contributed by atoms with Crippen LogP contribution in [0, 0.1) is 0 Å². The molecule has 2 heterocycles. The van der Waals surface area contributed by atoms with E-state index in [4.69, 9.17) is 21.1 Å². The van der Waals surface area contributed by atoms with Crippen molar-refractivity contribution in [2.24, 2.45) is 0 Å². The number of phenols is 1. The Hall–Kier alpha value is -2.64. The van der Waals surface area contributed by atoms with Crippen LogP contribution < -0.4 is 9.47 Å². The molecule has 132 valence electrons. The molecule has 2 aliphatic heterocycles. The number of thioether (sulfide) groups is 1. The lowest BCUT2D eigenvalue weighted by Crippen LogP contribution is -2.27. The SMILES string of the molecule is O=C1S/C(=C\c2ccccc2O)C(=O)N1Cc1cc2c(cc1Cl)OCO2. The molecule has 0 spiro atoms. The lowest BCUT2D eigenvalue weighted by Gasteiger charge is -2.14. The lowest BCUT2D eigenvalue weighted by molar-refractivity contribution is -0.123. The van der Waals surface area contributed by atoms with Gasteiger partial charge in [-0.15, -0.1) is 0 Å². The van der Waals surface area contributed by atoms with Crippen molar-refractivity contribution in [1.82, 2.24) is 4.90 Å². The number of hydrogen-bond acceptors (Lipinski definition) is 6. The van der Waals surface area contributed by atoms with E-state index in [0.717, 1.165) is 16.7 Å². The number of benzene rings is 2. The van der Waals surface area contributed by atoms with Gasteiger partial charge in [0.15, 0.2) is 11.5 Å². The number of amides is 2. The molecular formula is C18H12ClNO5S. The fourth-order valence-electron chi connectivity index (χ4n) is 2.64. The molecule has 0 unspecified atom stereocenters. The number of phenolic OH excluding ortho intramolecular Hbond substituents is 1. The monoisotopic (exact) mass is 389 g/mol. The van der Waals surface area contributed by atoms with Gasteiger partial charge >= 0.3 is 0 Å². The Bertz CT molecular complexity index is 959. The molecule has 0 bridgehead atoms. The fourth-order valence-corrected chi connectivity index (χ4v) is 3.68. The van der Waals surface area contributed by atoms with E-state index in [9.17, 15) is 14.7 Å². The molecule has 2 aliphatic rings. The average molecular weight is 390 g/mol. The van der Waals surface area contributed by atoms with Crippen LogP contribution in [0.15, 0.2) is 41.3 Å². The smallest absolute Gasteiger partial charge is 0.293 e. The third kappa shape index (κ3) is 3.00. The molecule has 0 atom stereocenters. The van der Waals surface area contributed by atoms with Crippen LogP contribution >= 0.6 is 23.4 Å². The summed E-state index contributed by atoms with van der Waals surface area (Å²) in [5, 5.41) is 9.83. The molecular weight excluding hydrogens is 378 g/mol. The number of para-hydroxylation sites is 1. The predicted octanol–water partition coefficient (Wildman–Crippen LogP) is 4.01. The predicted molar refractivity (Wildman–Crippen MR) is 97.2 cm³/mol. The molecule has 0 saturated carbocycles. The molecule has 1 fully saturated rings. The molecule has 0 aliphatic carbocycles. The summed E-state index contributed by atoms with van der Waals surface area (Å²) in [5.41, 5.74) is 1.06. The maximum absolute atomic E-state index is 12.6. The minimum atomic E-state index is -0.433. The Kier molecular flexibility index (Phi) is 4.26. The first-order valence-electron chi connectivity index (χ1n) is 7.64. The van der Waals surface area contributed by atoms with E-state index in [1.165, 1.54) is 12.1 Å². The summed E-state index contributed by atoms with van der Waals surface area (Å²) in [4.78, 5) is 26.3. The number of aromatic hydroxyl groups is 1. The van der Waals surface area contributed by atoms with Crippen LogP contribution in [0.5, 0.6) is 17.2 Å². The highest BCUT2D eigenvalue weighted by molar-refractivity contribution is 8.18. The quantitative estimate of drug-likeness (QED) is 0.799. The van der Waals surface area contributed by atoms with Crippen LogP contribution in [0.25, 0.3) is 6.08 Å². The average Bonchev–Trinajstić information content (AvgIpc) is 3.16. The van der Waals surface area contributed by atoms with Gasteiger partial charge in [-0.1, -0.05) is 29.8 Å². The zero-order valence-electron chi connectivity index (χ0n) is 13.3. The first kappa shape index (κ1) is 16.8. The number of rotatable bonds is 3. The number of ether oxygens (including phenoxy) is 2. The number of nitrogens with zero attached hydrogens (tertiary/aromatic N) is 1. The molecule has 6 nitrogen and oxygen atoms in total. The lowest BCUT2D eigenvalue weighted by atomic mass is 10.1. The van der Waals surface area contributed by atoms with Crippen molar-refractivity contribution in [2.75, 3.05) is 6.79 Å². The summed E-state index contributed by atoms with van der Waals surface area (Å²) in [5.74, 6) is 0.670. The minimum absolute atomic E-state index is 0.0260. The van der Waals surface area contributed by atoms with Crippen LogP contribution in [-0.2, 0) is 11.3 Å². The summed E-state index contributed by atoms with van der Waals surface area (Å²) in [6.07, 6.45) is 1.50. The molecule has 4 rings (SSSR count). The van der Waals surface area contributed by atoms with Crippen molar-refractivity contribution in [3.05, 3.63) is 57.5 Å². The second-order valence-electron chi connectivity index (χ2n) is 5.62. The molecule has 1 saturated heterocycles. The number of carbonyl (C=O) groups excluding carboxylic acids is 2. The van der Waals surface area contributed by atoms with E-state index in [2.05, 4.69) is 0 Å². The van der Waals surface area contributed by atoms with E-state index in [1.807, 2.05) is 0 Å². The van der Waals surface area contributed by atoms with Gasteiger partial charge in [-0.2, -0.15) is 0 Å². The number of carbonyl (C=O) groups is 2. The van der Waals surface area contributed by atoms with E-state index in [-0.39, 0.29) is 24.0 Å². The van der Waals surface area contributed by atoms with Crippen molar-refractivity contribution < 1.29 is 24.2 Å². The molecule has 2 aromatic rings. The van der Waals surface area contributed by atoms with Crippen LogP contribution in [0.2, 0.25) is 5.02 Å². The Balaban J connectivity index is 1.60. The zero-order chi connectivity index (χ0) is 18.3. The third-order valence-electron chi connectivity index (χ3n) is 3.97. The topological polar surface area (TPSA) is 76.1 Å². The number of fused-ring (bicyclic) bond motifs is 1. The van der Waals surface area contributed by atoms with Gasteiger partial charge < -0.3 is 14.6 Å². The van der Waals surface area contributed by atoms with Crippen molar-refractivity contribution in [2.45, 2.75) is 6.54 Å². The first-order valence-corrected chi connectivity index (χ1v) is 8.84. The number of hydrogen-bond donors (Lipinski definition) is 1. The summed E-state index contributed by atoms with van der Waals surface area (Å²) in [7, 11) is 0. The maximum Gasteiger partial charge on any atom is 0.293 e. The summed E-state index contributed by atoms with van der Waals surface area (Å²) >= 11 is 7.05. The highest BCUT2D eigenvalue weighted by atomic mass is 35.5. The fraction of sp³-hybridized carbons (Fsp3) is 0.111. The molecule has 26 heavy (non-hydrogen) atoms. The Morgan fingerprint density at radius 2 is 1.92 bits per heavy atom. The summed E-state index contributed by atoms with van der Waals surface area (Å²) in [6, 6.07) is 9.87. The van der Waals surface area contributed by atoms with Crippen molar-refractivity contribution in [3.63, 3.8) is 0 Å². The second-order valence-corrected chi connectivity index (χ2v) is 7.02. The summed E-state index contributed by atoms with van der Waals surface area (Å²) in [6.45, 7) is 0.137. The van der Waals surface area contributed by atoms with E-state index < -0.39 is 11.1 Å². The minimum Gasteiger partial charge on any atom is -0.507 e. The zero-order valence-corrected chi connectivity index (χ0v) is 14.8. The molecule has 2 aromatic carbocycles. The second kappa shape index (κ2) is 6.59. The molecule has 1 N–H and O–H groups in total. The Labute approximate surface area is 158 Å². The number of halogens is 1. The van der Waals surface area contributed by atoms with Crippen LogP contribution in [0.4, 0.5) is 4.79 Å². The highest BCUT2D eigenvalue weighted by Gasteiger charge is 2.35. The maximum atomic E-state index is 12.6. The Morgan fingerprint density at radius 1 is 1.19 bits per heavy atom. The van der Waals surface area contributed by atoms with E-state index in [1.54, 1.807) is 30.3 Å². The van der Waals surface area contributed by atoms with Crippen LogP contribution in [0.3, 0.4) is 0 Å². The standard InChI is InChI=1S/C18H12ClNO5S/c19-12-7-15-14(24-9-25-15)5-11(12)8-20-17(22)16(26-18(20)23)6-10-3-1-2-4-13(10)21/h1-7,21H,8-9H2/b16-6-. The van der Waals surface area contributed by atoms with Gasteiger partial charge in [-0.05, 0) is 35.5 Å². The van der Waals surface area contributed by atoms with Crippen LogP contribution in [-0.4, -0.2) is 27.9 Å². The van der Waals surface area contributed by atoms with Crippen molar-refractivity contribution >= 4 is 40.6 Å². The van der Waals surface area contributed by atoms with Gasteiger partial charge in [0.2, 0.25) is 6.79 Å². The van der Waals surface area contributed by atoms with Crippen LogP contribution in [0.1, 0.15) is 11.1 Å². The summed E-state index contributed by atoms with van der Waals surface area (Å²) < 4.78 is 10.6. The highest BCUT2D eigenvalue weighted by Crippen LogP contribution is 2.39. The molecule has 2 amide bonds. The van der Waals surface area contributed by atoms with Gasteiger partial charge in [0.25, 0.3) is 11.1 Å². The molecule has 0 aromatic heterocycles. The van der Waals surface area contributed by atoms with Gasteiger partial charge in [0.05, 0.1) is 11.4 Å². The van der Waals surface area contributed by atoms with Gasteiger partial charge in [0.1, 0.15) is 5.75 Å². The molecule has 0 radical (unpaired) electrons. The first-order chi connectivity index (χ1) is 12.5. The van der Waals surface area contributed by atoms with Gasteiger partial charge in [0, 0.05) is 16.7 Å². The van der Waals surface area contributed by atoms with E-state index >= 15 is 0 Å². The van der Waals surface area contributed by atoms with Gasteiger partial charge in [-0.25, -0.2) is 0 Å².